The molecular formula is C10H12ClN5O2. The van der Waals surface area contributed by atoms with Crippen LogP contribution in [-0.4, -0.2) is 51.3 Å². The van der Waals surface area contributed by atoms with Crippen LogP contribution in [0.2, 0.25) is 0 Å². The fraction of sp³-hybridized carbons (Fsp3) is 0.500. The van der Waals surface area contributed by atoms with Gasteiger partial charge in [0.1, 0.15) is 12.1 Å². The second-order valence-corrected chi connectivity index (χ2v) is 4.41. The summed E-state index contributed by atoms with van der Waals surface area (Å²) in [6, 6.07) is 1.77. The van der Waals surface area contributed by atoms with Crippen LogP contribution in [0.1, 0.15) is 0 Å². The first-order valence-electron chi connectivity index (χ1n) is 5.63. The van der Waals surface area contributed by atoms with Crippen LogP contribution in [0.25, 0.3) is 5.65 Å². The molecule has 0 aliphatic carbocycles. The highest BCUT2D eigenvalue weighted by Gasteiger charge is 2.21. The van der Waals surface area contributed by atoms with E-state index in [1.807, 2.05) is 0 Å². The van der Waals surface area contributed by atoms with E-state index in [0.717, 1.165) is 12.4 Å². The van der Waals surface area contributed by atoms with E-state index in [9.17, 15) is 4.79 Å². The lowest BCUT2D eigenvalue weighted by atomic mass is 10.3. The van der Waals surface area contributed by atoms with Crippen molar-refractivity contribution in [3.8, 4) is 0 Å². The number of hydrogen-bond acceptors (Lipinski definition) is 5. The van der Waals surface area contributed by atoms with E-state index in [1.165, 1.54) is 10.7 Å². The predicted molar refractivity (Wildman–Crippen MR) is 66.3 cm³/mol. The third kappa shape index (κ3) is 1.95. The summed E-state index contributed by atoms with van der Waals surface area (Å²) in [5.74, 6) is 1.24. The van der Waals surface area contributed by atoms with E-state index in [0.29, 0.717) is 24.7 Å². The van der Waals surface area contributed by atoms with E-state index < -0.39 is 0 Å². The number of morpholine rings is 1. The van der Waals surface area contributed by atoms with E-state index in [4.69, 9.17) is 16.3 Å². The Morgan fingerprint density at radius 3 is 3.33 bits per heavy atom. The Hall–Kier alpha value is -1.60. The molecule has 3 heterocycles. The van der Waals surface area contributed by atoms with Crippen molar-refractivity contribution in [2.45, 2.75) is 6.10 Å². The van der Waals surface area contributed by atoms with Gasteiger partial charge in [0.05, 0.1) is 18.6 Å². The van der Waals surface area contributed by atoms with Gasteiger partial charge in [0.15, 0.2) is 5.65 Å². The lowest BCUT2D eigenvalue weighted by molar-refractivity contribution is 0.0551. The van der Waals surface area contributed by atoms with Crippen molar-refractivity contribution in [2.24, 2.45) is 0 Å². The molecular weight excluding hydrogens is 258 g/mol. The molecule has 7 nitrogen and oxygen atoms in total. The molecule has 0 spiro atoms. The van der Waals surface area contributed by atoms with Gasteiger partial charge in [0.25, 0.3) is 0 Å². The maximum absolute atomic E-state index is 11.3. The summed E-state index contributed by atoms with van der Waals surface area (Å²) < 4.78 is 6.86. The molecule has 1 aliphatic rings. The van der Waals surface area contributed by atoms with E-state index in [1.54, 1.807) is 6.07 Å². The number of nitrogens with one attached hydrogen (secondary N) is 1. The summed E-state index contributed by atoms with van der Waals surface area (Å²) >= 11 is 5.80. The van der Waals surface area contributed by atoms with Gasteiger partial charge in [0, 0.05) is 19.2 Å². The highest BCUT2D eigenvalue weighted by atomic mass is 35.5. The minimum absolute atomic E-state index is 0.0137. The van der Waals surface area contributed by atoms with Crippen molar-refractivity contribution in [1.82, 2.24) is 19.6 Å². The zero-order valence-electron chi connectivity index (χ0n) is 9.54. The van der Waals surface area contributed by atoms with E-state index >= 15 is 0 Å². The van der Waals surface area contributed by atoms with Crippen molar-refractivity contribution >= 4 is 23.1 Å². The summed E-state index contributed by atoms with van der Waals surface area (Å²) in [6.45, 7) is 2.07. The Kier molecular flexibility index (Phi) is 2.92. The summed E-state index contributed by atoms with van der Waals surface area (Å²) in [5.41, 5.74) is 0.267. The van der Waals surface area contributed by atoms with Crippen LogP contribution >= 0.6 is 11.6 Å². The Balaban J connectivity index is 1.91. The van der Waals surface area contributed by atoms with Crippen LogP contribution < -0.4 is 10.6 Å². The Morgan fingerprint density at radius 2 is 2.50 bits per heavy atom. The fourth-order valence-corrected chi connectivity index (χ4v) is 2.18. The molecule has 1 unspecified atom stereocenters. The van der Waals surface area contributed by atoms with Crippen molar-refractivity contribution in [3.05, 3.63) is 22.9 Å². The molecule has 8 heteroatoms. The van der Waals surface area contributed by atoms with Crippen molar-refractivity contribution < 1.29 is 4.74 Å². The average molecular weight is 270 g/mol. The van der Waals surface area contributed by atoms with Crippen molar-refractivity contribution in [3.63, 3.8) is 0 Å². The molecule has 1 fully saturated rings. The average Bonchev–Trinajstić information content (AvgIpc) is 2.80. The number of fused-ring (bicyclic) bond motifs is 1. The molecule has 2 aromatic rings. The Bertz CT molecular complexity index is 610. The van der Waals surface area contributed by atoms with Crippen LogP contribution in [-0.2, 0) is 4.74 Å². The SMILES string of the molecule is O=c1[nH]nc2cc(N3CCOC(CCl)C3)ncn12. The third-order valence-corrected chi connectivity index (χ3v) is 3.27. The van der Waals surface area contributed by atoms with Gasteiger partial charge in [-0.15, -0.1) is 11.6 Å². The van der Waals surface area contributed by atoms with Crippen LogP contribution in [0.15, 0.2) is 17.2 Å². The van der Waals surface area contributed by atoms with E-state index in [-0.39, 0.29) is 11.8 Å². The van der Waals surface area contributed by atoms with Crippen LogP contribution in [0.3, 0.4) is 0 Å². The molecule has 0 saturated carbocycles. The van der Waals surface area contributed by atoms with Gasteiger partial charge in [-0.25, -0.2) is 19.3 Å². The minimum atomic E-state index is -0.287. The molecule has 0 radical (unpaired) electrons. The second kappa shape index (κ2) is 4.58. The number of H-pyrrole nitrogens is 1. The van der Waals surface area contributed by atoms with Crippen LogP contribution in [0.5, 0.6) is 0 Å². The smallest absolute Gasteiger partial charge is 0.348 e. The molecule has 1 N–H and O–H groups in total. The minimum Gasteiger partial charge on any atom is -0.373 e. The zero-order valence-corrected chi connectivity index (χ0v) is 10.3. The summed E-state index contributed by atoms with van der Waals surface area (Å²) in [7, 11) is 0. The first-order chi connectivity index (χ1) is 8.78. The van der Waals surface area contributed by atoms with Crippen LogP contribution in [0.4, 0.5) is 5.82 Å². The number of anilines is 1. The topological polar surface area (TPSA) is 75.5 Å². The number of aromatic amines is 1. The van der Waals surface area contributed by atoms with Crippen molar-refractivity contribution in [2.75, 3.05) is 30.5 Å². The third-order valence-electron chi connectivity index (χ3n) is 2.93. The summed E-state index contributed by atoms with van der Waals surface area (Å²) in [6.07, 6.45) is 1.49. The first-order valence-corrected chi connectivity index (χ1v) is 6.16. The number of aromatic nitrogens is 4. The maximum atomic E-state index is 11.3. The molecule has 1 saturated heterocycles. The molecule has 1 atom stereocenters. The number of alkyl halides is 1. The largest absolute Gasteiger partial charge is 0.373 e. The van der Waals surface area contributed by atoms with Gasteiger partial charge in [-0.1, -0.05) is 0 Å². The monoisotopic (exact) mass is 269 g/mol. The Labute approximate surface area is 107 Å². The number of ether oxygens (including phenoxy) is 1. The Morgan fingerprint density at radius 1 is 1.61 bits per heavy atom. The molecule has 18 heavy (non-hydrogen) atoms. The molecule has 0 bridgehead atoms. The molecule has 2 aromatic heterocycles. The van der Waals surface area contributed by atoms with Gasteiger partial charge in [-0.2, -0.15) is 5.10 Å². The number of nitrogens with zero attached hydrogens (tertiary/aromatic N) is 4. The highest BCUT2D eigenvalue weighted by Crippen LogP contribution is 2.16. The van der Waals surface area contributed by atoms with Gasteiger partial charge in [-0.05, 0) is 0 Å². The van der Waals surface area contributed by atoms with Gasteiger partial charge in [-0.3, -0.25) is 0 Å². The van der Waals surface area contributed by atoms with Gasteiger partial charge >= 0.3 is 5.69 Å². The highest BCUT2D eigenvalue weighted by molar-refractivity contribution is 6.18. The normalized spacial score (nSPS) is 20.5. The van der Waals surface area contributed by atoms with Crippen LogP contribution in [0, 0.1) is 0 Å². The van der Waals surface area contributed by atoms with Gasteiger partial charge in [0.2, 0.25) is 0 Å². The molecule has 1 aliphatic heterocycles. The zero-order chi connectivity index (χ0) is 12.5. The number of halogens is 1. The molecule has 0 aromatic carbocycles. The quantitative estimate of drug-likeness (QED) is 0.768. The molecule has 0 amide bonds. The first kappa shape index (κ1) is 11.5. The molecule has 96 valence electrons. The lowest BCUT2D eigenvalue weighted by Gasteiger charge is -2.32. The second-order valence-electron chi connectivity index (χ2n) is 4.10. The predicted octanol–water partition coefficient (Wildman–Crippen LogP) is -0.138. The summed E-state index contributed by atoms with van der Waals surface area (Å²) in [4.78, 5) is 17.7. The lowest BCUT2D eigenvalue weighted by Crippen LogP contribution is -2.43. The summed E-state index contributed by atoms with van der Waals surface area (Å²) in [5, 5.41) is 6.29. The standard InChI is InChI=1S/C10H12ClN5O2/c11-4-7-5-15(1-2-18-7)8-3-9-13-14-10(17)16(9)6-12-8/h3,6-7H,1-2,4-5H2,(H,14,17). The van der Waals surface area contributed by atoms with E-state index in [2.05, 4.69) is 20.1 Å². The molecule has 3 rings (SSSR count). The van der Waals surface area contributed by atoms with Crippen molar-refractivity contribution in [1.29, 1.82) is 0 Å². The number of rotatable bonds is 2. The van der Waals surface area contributed by atoms with Gasteiger partial charge < -0.3 is 9.64 Å². The fourth-order valence-electron chi connectivity index (χ4n) is 1.99. The maximum Gasteiger partial charge on any atom is 0.348 e. The number of hydrogen-bond donors (Lipinski definition) is 1.